The van der Waals surface area contributed by atoms with Crippen molar-refractivity contribution in [1.29, 1.82) is 0 Å². The van der Waals surface area contributed by atoms with Crippen LogP contribution in [0, 0.1) is 11.3 Å². The first-order valence-corrected chi connectivity index (χ1v) is 7.72. The van der Waals surface area contributed by atoms with Crippen LogP contribution in [-0.4, -0.2) is 37.0 Å². The summed E-state index contributed by atoms with van der Waals surface area (Å²) in [5.74, 6) is 1.16. The summed E-state index contributed by atoms with van der Waals surface area (Å²) in [5.41, 5.74) is -0.103. The van der Waals surface area contributed by atoms with E-state index in [1.165, 1.54) is 19.3 Å². The molecule has 104 valence electrons. The highest BCUT2D eigenvalue weighted by Gasteiger charge is 2.41. The smallest absolute Gasteiger partial charge is 0.230 e. The Labute approximate surface area is 111 Å². The van der Waals surface area contributed by atoms with E-state index >= 15 is 0 Å². The number of likely N-dealkylation sites (tertiary alicyclic amines) is 1. The third-order valence-electron chi connectivity index (χ3n) is 4.99. The zero-order chi connectivity index (χ0) is 13.0. The summed E-state index contributed by atoms with van der Waals surface area (Å²) in [6, 6.07) is 0. The van der Waals surface area contributed by atoms with E-state index in [2.05, 4.69) is 24.1 Å². The van der Waals surface area contributed by atoms with E-state index in [-0.39, 0.29) is 5.41 Å². The summed E-state index contributed by atoms with van der Waals surface area (Å²) in [7, 11) is 0. The Bertz CT molecular complexity index is 284. The number of piperidine rings is 2. The molecule has 3 heteroatoms. The van der Waals surface area contributed by atoms with Crippen LogP contribution in [0.25, 0.3) is 0 Å². The number of carbonyl (C=O) groups excluding carboxylic acids is 1. The molecule has 2 rings (SSSR count). The number of amides is 1. The van der Waals surface area contributed by atoms with Crippen molar-refractivity contribution < 1.29 is 4.79 Å². The van der Waals surface area contributed by atoms with Gasteiger partial charge in [-0.3, -0.25) is 4.79 Å². The van der Waals surface area contributed by atoms with Crippen molar-refractivity contribution in [1.82, 2.24) is 10.2 Å². The molecule has 2 heterocycles. The molecule has 2 unspecified atom stereocenters. The van der Waals surface area contributed by atoms with E-state index in [0.717, 1.165) is 51.4 Å². The van der Waals surface area contributed by atoms with Gasteiger partial charge in [0.2, 0.25) is 5.91 Å². The predicted molar refractivity (Wildman–Crippen MR) is 74.4 cm³/mol. The van der Waals surface area contributed by atoms with Crippen LogP contribution in [0.3, 0.4) is 0 Å². The summed E-state index contributed by atoms with van der Waals surface area (Å²) in [4.78, 5) is 15.0. The molecule has 2 saturated heterocycles. The molecule has 1 amide bonds. The molecule has 0 spiro atoms. The SMILES string of the molecule is CCC1CCCN(C(=O)C2(CC)CCCNC2)C1. The van der Waals surface area contributed by atoms with Crippen molar-refractivity contribution in [2.75, 3.05) is 26.2 Å². The molecule has 0 saturated carbocycles. The second kappa shape index (κ2) is 6.05. The van der Waals surface area contributed by atoms with Crippen molar-refractivity contribution in [3.8, 4) is 0 Å². The fourth-order valence-electron chi connectivity index (χ4n) is 3.52. The first-order chi connectivity index (χ1) is 8.72. The minimum atomic E-state index is -0.103. The Morgan fingerprint density at radius 1 is 1.39 bits per heavy atom. The third kappa shape index (κ3) is 2.71. The lowest BCUT2D eigenvalue weighted by Gasteiger charge is -2.42. The second-order valence-electron chi connectivity index (χ2n) is 6.08. The van der Waals surface area contributed by atoms with E-state index in [0.29, 0.717) is 5.91 Å². The van der Waals surface area contributed by atoms with Crippen LogP contribution in [0.4, 0.5) is 0 Å². The van der Waals surface area contributed by atoms with Gasteiger partial charge in [-0.2, -0.15) is 0 Å². The molecule has 0 radical (unpaired) electrons. The number of carbonyl (C=O) groups is 1. The average molecular weight is 252 g/mol. The molecular weight excluding hydrogens is 224 g/mol. The molecular formula is C15H28N2O. The summed E-state index contributed by atoms with van der Waals surface area (Å²) < 4.78 is 0. The zero-order valence-corrected chi connectivity index (χ0v) is 12.0. The molecule has 0 aromatic heterocycles. The van der Waals surface area contributed by atoms with Gasteiger partial charge in [0, 0.05) is 19.6 Å². The van der Waals surface area contributed by atoms with Gasteiger partial charge >= 0.3 is 0 Å². The number of nitrogens with one attached hydrogen (secondary N) is 1. The first kappa shape index (κ1) is 13.9. The summed E-state index contributed by atoms with van der Waals surface area (Å²) >= 11 is 0. The first-order valence-electron chi connectivity index (χ1n) is 7.72. The number of hydrogen-bond donors (Lipinski definition) is 1. The molecule has 3 nitrogen and oxygen atoms in total. The normalized spacial score (nSPS) is 33.4. The highest BCUT2D eigenvalue weighted by molar-refractivity contribution is 5.83. The fraction of sp³-hybridized carbons (Fsp3) is 0.933. The Balaban J connectivity index is 2.04. The third-order valence-corrected chi connectivity index (χ3v) is 4.99. The maximum atomic E-state index is 12.9. The van der Waals surface area contributed by atoms with Gasteiger partial charge in [-0.1, -0.05) is 20.3 Å². The quantitative estimate of drug-likeness (QED) is 0.836. The lowest BCUT2D eigenvalue weighted by molar-refractivity contribution is -0.145. The highest BCUT2D eigenvalue weighted by Crippen LogP contribution is 2.34. The number of rotatable bonds is 3. The molecule has 18 heavy (non-hydrogen) atoms. The molecule has 2 aliphatic heterocycles. The van der Waals surface area contributed by atoms with Crippen molar-refractivity contribution >= 4 is 5.91 Å². The monoisotopic (exact) mass is 252 g/mol. The second-order valence-corrected chi connectivity index (χ2v) is 6.08. The maximum absolute atomic E-state index is 12.9. The standard InChI is InChI=1S/C15H28N2O/c1-3-13-7-5-10-17(11-13)14(18)15(4-2)8-6-9-16-12-15/h13,16H,3-12H2,1-2H3. The summed E-state index contributed by atoms with van der Waals surface area (Å²) in [6.45, 7) is 8.36. The van der Waals surface area contributed by atoms with Crippen LogP contribution in [0.1, 0.15) is 52.4 Å². The topological polar surface area (TPSA) is 32.3 Å². The highest BCUT2D eigenvalue weighted by atomic mass is 16.2. The molecule has 2 atom stereocenters. The summed E-state index contributed by atoms with van der Waals surface area (Å²) in [5, 5.41) is 3.42. The van der Waals surface area contributed by atoms with E-state index in [9.17, 15) is 4.79 Å². The van der Waals surface area contributed by atoms with Crippen molar-refractivity contribution in [3.05, 3.63) is 0 Å². The van der Waals surface area contributed by atoms with Crippen molar-refractivity contribution in [3.63, 3.8) is 0 Å². The van der Waals surface area contributed by atoms with Crippen LogP contribution in [0.15, 0.2) is 0 Å². The maximum Gasteiger partial charge on any atom is 0.230 e. The fourth-order valence-corrected chi connectivity index (χ4v) is 3.52. The van der Waals surface area contributed by atoms with Gasteiger partial charge in [0.05, 0.1) is 5.41 Å². The lowest BCUT2D eigenvalue weighted by Crippen LogP contribution is -2.53. The van der Waals surface area contributed by atoms with Crippen LogP contribution < -0.4 is 5.32 Å². The van der Waals surface area contributed by atoms with E-state index in [1.807, 2.05) is 0 Å². The van der Waals surface area contributed by atoms with Crippen LogP contribution in [-0.2, 0) is 4.79 Å². The van der Waals surface area contributed by atoms with Gasteiger partial charge in [-0.05, 0) is 44.6 Å². The Morgan fingerprint density at radius 2 is 2.22 bits per heavy atom. The Morgan fingerprint density at radius 3 is 2.83 bits per heavy atom. The van der Waals surface area contributed by atoms with Gasteiger partial charge < -0.3 is 10.2 Å². The molecule has 0 bridgehead atoms. The molecule has 2 aliphatic rings. The molecule has 0 aromatic rings. The summed E-state index contributed by atoms with van der Waals surface area (Å²) in [6.07, 6.45) is 6.90. The Kier molecular flexibility index (Phi) is 4.66. The van der Waals surface area contributed by atoms with Gasteiger partial charge in [0.1, 0.15) is 0 Å². The molecule has 2 fully saturated rings. The lowest BCUT2D eigenvalue weighted by atomic mass is 9.76. The van der Waals surface area contributed by atoms with E-state index in [4.69, 9.17) is 0 Å². The van der Waals surface area contributed by atoms with Gasteiger partial charge in [0.15, 0.2) is 0 Å². The Hall–Kier alpha value is -0.570. The number of nitrogens with zero attached hydrogens (tertiary/aromatic N) is 1. The van der Waals surface area contributed by atoms with E-state index in [1.54, 1.807) is 0 Å². The molecule has 0 aliphatic carbocycles. The predicted octanol–water partition coefficient (Wildman–Crippen LogP) is 2.41. The average Bonchev–Trinajstić information content (AvgIpc) is 2.47. The van der Waals surface area contributed by atoms with Crippen molar-refractivity contribution in [2.45, 2.75) is 52.4 Å². The van der Waals surface area contributed by atoms with Gasteiger partial charge in [-0.25, -0.2) is 0 Å². The van der Waals surface area contributed by atoms with Gasteiger partial charge in [-0.15, -0.1) is 0 Å². The van der Waals surface area contributed by atoms with Crippen molar-refractivity contribution in [2.24, 2.45) is 11.3 Å². The van der Waals surface area contributed by atoms with Crippen LogP contribution >= 0.6 is 0 Å². The molecule has 1 N–H and O–H groups in total. The minimum absolute atomic E-state index is 0.103. The largest absolute Gasteiger partial charge is 0.342 e. The van der Waals surface area contributed by atoms with Crippen LogP contribution in [0.2, 0.25) is 0 Å². The zero-order valence-electron chi connectivity index (χ0n) is 12.0. The van der Waals surface area contributed by atoms with Crippen LogP contribution in [0.5, 0.6) is 0 Å². The van der Waals surface area contributed by atoms with E-state index < -0.39 is 0 Å². The molecule has 0 aromatic carbocycles. The minimum Gasteiger partial charge on any atom is -0.342 e. The number of hydrogen-bond acceptors (Lipinski definition) is 2. The van der Waals surface area contributed by atoms with Gasteiger partial charge in [0.25, 0.3) is 0 Å².